The van der Waals surface area contributed by atoms with Crippen molar-refractivity contribution in [2.75, 3.05) is 51.6 Å². The minimum Gasteiger partial charge on any atom is -0.341 e. The predicted molar refractivity (Wildman–Crippen MR) is 121 cm³/mol. The summed E-state index contributed by atoms with van der Waals surface area (Å²) in [7, 11) is 0. The van der Waals surface area contributed by atoms with E-state index in [2.05, 4.69) is 28.7 Å². The quantitative estimate of drug-likeness (QED) is 0.518. The van der Waals surface area contributed by atoms with Crippen molar-refractivity contribution >= 4 is 45.1 Å². The maximum Gasteiger partial charge on any atom is 0.236 e. The number of thiophene rings is 1. The van der Waals surface area contributed by atoms with Crippen LogP contribution < -0.4 is 0 Å². The summed E-state index contributed by atoms with van der Waals surface area (Å²) < 4.78 is 0. The Hall–Kier alpha value is -1.71. The molecular formula is C21H29N5O2S2. The summed E-state index contributed by atoms with van der Waals surface area (Å²) in [6.07, 6.45) is 2.76. The lowest BCUT2D eigenvalue weighted by atomic mass is 9.92. The van der Waals surface area contributed by atoms with E-state index in [9.17, 15) is 9.59 Å². The molecule has 2 aliphatic rings. The molecule has 0 unspecified atom stereocenters. The molecule has 4 heterocycles. The van der Waals surface area contributed by atoms with Crippen LogP contribution in [0.15, 0.2) is 22.8 Å². The van der Waals surface area contributed by atoms with Crippen LogP contribution in [0.25, 0.3) is 10.2 Å². The molecule has 4 rings (SSSR count). The van der Waals surface area contributed by atoms with Crippen LogP contribution in [0.3, 0.4) is 0 Å². The zero-order chi connectivity index (χ0) is 21.1. The Morgan fingerprint density at radius 2 is 1.80 bits per heavy atom. The number of rotatable bonds is 5. The minimum atomic E-state index is 0.131. The number of hydrogen-bond acceptors (Lipinski definition) is 7. The Kier molecular flexibility index (Phi) is 6.90. The van der Waals surface area contributed by atoms with Crippen LogP contribution in [0.1, 0.15) is 20.3 Å². The van der Waals surface area contributed by atoms with E-state index in [0.29, 0.717) is 37.2 Å². The number of amides is 2. The highest BCUT2D eigenvalue weighted by molar-refractivity contribution is 8.00. The van der Waals surface area contributed by atoms with Crippen LogP contribution in [0.4, 0.5) is 0 Å². The molecule has 0 N–H and O–H groups in total. The van der Waals surface area contributed by atoms with Crippen LogP contribution in [-0.2, 0) is 9.59 Å². The molecule has 2 aromatic rings. The van der Waals surface area contributed by atoms with Crippen molar-refractivity contribution in [3.05, 3.63) is 17.8 Å². The molecule has 2 fully saturated rings. The van der Waals surface area contributed by atoms with E-state index < -0.39 is 0 Å². The number of carbonyl (C=O) groups is 2. The number of likely N-dealkylation sites (tertiary alicyclic amines) is 1. The molecule has 0 bridgehead atoms. The van der Waals surface area contributed by atoms with Gasteiger partial charge in [0, 0.05) is 44.7 Å². The highest BCUT2D eigenvalue weighted by Crippen LogP contribution is 2.28. The van der Waals surface area contributed by atoms with Crippen molar-refractivity contribution in [3.8, 4) is 0 Å². The van der Waals surface area contributed by atoms with Gasteiger partial charge in [0.15, 0.2) is 0 Å². The molecule has 30 heavy (non-hydrogen) atoms. The van der Waals surface area contributed by atoms with Gasteiger partial charge in [-0.15, -0.1) is 11.3 Å². The topological polar surface area (TPSA) is 69.6 Å². The smallest absolute Gasteiger partial charge is 0.236 e. The van der Waals surface area contributed by atoms with E-state index in [0.717, 1.165) is 41.4 Å². The fourth-order valence-electron chi connectivity index (χ4n) is 4.42. The number of piperazine rings is 1. The van der Waals surface area contributed by atoms with Crippen molar-refractivity contribution in [3.63, 3.8) is 0 Å². The van der Waals surface area contributed by atoms with E-state index in [1.165, 1.54) is 18.2 Å². The third-order valence-corrected chi connectivity index (χ3v) is 7.67. The van der Waals surface area contributed by atoms with Crippen LogP contribution >= 0.6 is 23.1 Å². The highest BCUT2D eigenvalue weighted by Gasteiger charge is 2.28. The van der Waals surface area contributed by atoms with Gasteiger partial charge in [-0.2, -0.15) is 0 Å². The molecule has 0 aromatic carbocycles. The number of carbonyl (C=O) groups excluding carboxylic acids is 2. The third-order valence-electron chi connectivity index (χ3n) is 5.86. The van der Waals surface area contributed by atoms with Gasteiger partial charge < -0.3 is 9.80 Å². The normalized spacial score (nSPS) is 23.1. The molecule has 162 valence electrons. The SMILES string of the molecule is C[C@H]1C[C@H](C)CN(C(=O)CN2CCN(C(=O)CSc3ncnc4sccc34)CC2)C1. The first-order chi connectivity index (χ1) is 14.5. The second-order valence-corrected chi connectivity index (χ2v) is 10.4. The molecule has 2 amide bonds. The summed E-state index contributed by atoms with van der Waals surface area (Å²) in [4.78, 5) is 41.0. The fourth-order valence-corrected chi connectivity index (χ4v) is 6.10. The van der Waals surface area contributed by atoms with Gasteiger partial charge in [-0.05, 0) is 29.7 Å². The summed E-state index contributed by atoms with van der Waals surface area (Å²) in [5.74, 6) is 1.90. The van der Waals surface area contributed by atoms with Gasteiger partial charge in [0.1, 0.15) is 16.2 Å². The van der Waals surface area contributed by atoms with E-state index in [1.54, 1.807) is 17.7 Å². The van der Waals surface area contributed by atoms with Crippen molar-refractivity contribution in [1.82, 2.24) is 24.7 Å². The molecule has 2 atom stereocenters. The maximum atomic E-state index is 12.7. The van der Waals surface area contributed by atoms with Crippen LogP contribution in [0.5, 0.6) is 0 Å². The number of thioether (sulfide) groups is 1. The Balaban J connectivity index is 1.22. The second-order valence-electron chi connectivity index (χ2n) is 8.51. The summed E-state index contributed by atoms with van der Waals surface area (Å²) in [6, 6.07) is 2.01. The lowest BCUT2D eigenvalue weighted by molar-refractivity contribution is -0.136. The minimum absolute atomic E-state index is 0.131. The molecule has 2 aliphatic heterocycles. The molecule has 0 aliphatic carbocycles. The van der Waals surface area contributed by atoms with Gasteiger partial charge >= 0.3 is 0 Å². The van der Waals surface area contributed by atoms with Crippen molar-refractivity contribution in [1.29, 1.82) is 0 Å². The van der Waals surface area contributed by atoms with E-state index in [-0.39, 0.29) is 11.8 Å². The van der Waals surface area contributed by atoms with E-state index in [4.69, 9.17) is 0 Å². The molecule has 0 spiro atoms. The highest BCUT2D eigenvalue weighted by atomic mass is 32.2. The zero-order valence-electron chi connectivity index (χ0n) is 17.6. The number of piperidine rings is 1. The maximum absolute atomic E-state index is 12.7. The number of hydrogen-bond donors (Lipinski definition) is 0. The number of nitrogens with zero attached hydrogens (tertiary/aromatic N) is 5. The predicted octanol–water partition coefficient (Wildman–Crippen LogP) is 2.43. The standard InChI is InChI=1S/C21H29N5O2S2/c1-15-9-16(2)11-26(10-15)18(27)12-24-4-6-25(7-5-24)19(28)13-30-21-17-3-8-29-20(17)22-14-23-21/h3,8,14-16H,4-7,9-13H2,1-2H3/t15-,16-/m0/s1. The van der Waals surface area contributed by atoms with Crippen LogP contribution in [0.2, 0.25) is 0 Å². The lowest BCUT2D eigenvalue weighted by Crippen LogP contribution is -2.53. The van der Waals surface area contributed by atoms with Crippen molar-refractivity contribution in [2.45, 2.75) is 25.3 Å². The first kappa shape index (κ1) is 21.5. The Morgan fingerprint density at radius 3 is 2.53 bits per heavy atom. The van der Waals surface area contributed by atoms with Gasteiger partial charge in [0.05, 0.1) is 12.3 Å². The second kappa shape index (κ2) is 9.62. The lowest BCUT2D eigenvalue weighted by Gasteiger charge is -2.38. The zero-order valence-corrected chi connectivity index (χ0v) is 19.3. The molecular weight excluding hydrogens is 418 g/mol. The Labute approximate surface area is 185 Å². The molecule has 2 saturated heterocycles. The average molecular weight is 448 g/mol. The molecule has 7 nitrogen and oxygen atoms in total. The summed E-state index contributed by atoms with van der Waals surface area (Å²) in [6.45, 7) is 9.53. The molecule has 9 heteroatoms. The van der Waals surface area contributed by atoms with Crippen LogP contribution in [0, 0.1) is 11.8 Å². The fraction of sp³-hybridized carbons (Fsp3) is 0.619. The number of aromatic nitrogens is 2. The Morgan fingerprint density at radius 1 is 1.07 bits per heavy atom. The van der Waals surface area contributed by atoms with E-state index in [1.807, 2.05) is 21.2 Å². The van der Waals surface area contributed by atoms with Crippen LogP contribution in [-0.4, -0.2) is 88.0 Å². The Bertz CT molecular complexity index is 886. The molecule has 2 aromatic heterocycles. The molecule has 0 radical (unpaired) electrons. The van der Waals surface area contributed by atoms with E-state index >= 15 is 0 Å². The average Bonchev–Trinajstić information content (AvgIpc) is 3.21. The monoisotopic (exact) mass is 447 g/mol. The first-order valence-corrected chi connectivity index (χ1v) is 12.4. The molecule has 0 saturated carbocycles. The van der Waals surface area contributed by atoms with Crippen molar-refractivity contribution < 1.29 is 9.59 Å². The summed E-state index contributed by atoms with van der Waals surface area (Å²) >= 11 is 3.06. The van der Waals surface area contributed by atoms with Crippen molar-refractivity contribution in [2.24, 2.45) is 11.8 Å². The van der Waals surface area contributed by atoms with Gasteiger partial charge in [-0.25, -0.2) is 9.97 Å². The summed E-state index contributed by atoms with van der Waals surface area (Å²) in [5, 5.41) is 3.88. The van der Waals surface area contributed by atoms with Gasteiger partial charge in [0.2, 0.25) is 11.8 Å². The largest absolute Gasteiger partial charge is 0.341 e. The van der Waals surface area contributed by atoms with Gasteiger partial charge in [-0.1, -0.05) is 25.6 Å². The van der Waals surface area contributed by atoms with Gasteiger partial charge in [-0.3, -0.25) is 14.5 Å². The van der Waals surface area contributed by atoms with Gasteiger partial charge in [0.25, 0.3) is 0 Å². The summed E-state index contributed by atoms with van der Waals surface area (Å²) in [5.41, 5.74) is 0. The first-order valence-electron chi connectivity index (χ1n) is 10.6. The third kappa shape index (κ3) is 5.12. The number of fused-ring (bicyclic) bond motifs is 1.